The number of methoxy groups -OCH3 is 1. The van der Waals surface area contributed by atoms with Gasteiger partial charge in [0.05, 0.1) is 19.0 Å². The summed E-state index contributed by atoms with van der Waals surface area (Å²) in [5, 5.41) is 17.8. The Labute approximate surface area is 73.6 Å². The van der Waals surface area contributed by atoms with Crippen LogP contribution in [-0.2, 0) is 0 Å². The SMILES string of the molecule is COc1c(N)cnc(C(=O)O)c1O. The van der Waals surface area contributed by atoms with E-state index in [0.29, 0.717) is 0 Å². The van der Waals surface area contributed by atoms with Crippen LogP contribution in [-0.4, -0.2) is 28.3 Å². The molecule has 0 fully saturated rings. The Morgan fingerprint density at radius 2 is 2.31 bits per heavy atom. The Balaban J connectivity index is 3.35. The zero-order chi connectivity index (χ0) is 10.0. The number of anilines is 1. The lowest BCUT2D eigenvalue weighted by molar-refractivity contribution is 0.0686. The minimum atomic E-state index is -1.34. The number of nitrogens with two attached hydrogens (primary N) is 1. The van der Waals surface area contributed by atoms with Crippen molar-refractivity contribution in [2.24, 2.45) is 0 Å². The van der Waals surface area contributed by atoms with E-state index in [-0.39, 0.29) is 11.4 Å². The van der Waals surface area contributed by atoms with Crippen LogP contribution in [0, 0.1) is 0 Å². The number of hydrogen-bond acceptors (Lipinski definition) is 5. The van der Waals surface area contributed by atoms with E-state index in [1.165, 1.54) is 7.11 Å². The lowest BCUT2D eigenvalue weighted by Crippen LogP contribution is -2.03. The molecule has 6 nitrogen and oxygen atoms in total. The summed E-state index contributed by atoms with van der Waals surface area (Å²) in [7, 11) is 1.27. The number of aromatic nitrogens is 1. The first kappa shape index (κ1) is 9.11. The summed E-state index contributed by atoms with van der Waals surface area (Å²) in [5.41, 5.74) is 4.97. The van der Waals surface area contributed by atoms with E-state index >= 15 is 0 Å². The van der Waals surface area contributed by atoms with E-state index in [1.807, 2.05) is 0 Å². The molecule has 0 saturated carbocycles. The third-order valence-electron chi connectivity index (χ3n) is 1.44. The minimum absolute atomic E-state index is 0.0765. The number of rotatable bonds is 2. The second-order valence-electron chi connectivity index (χ2n) is 2.25. The zero-order valence-electron chi connectivity index (χ0n) is 6.81. The van der Waals surface area contributed by atoms with Crippen LogP contribution in [0.15, 0.2) is 6.20 Å². The topological polar surface area (TPSA) is 106 Å². The van der Waals surface area contributed by atoms with Crippen LogP contribution < -0.4 is 10.5 Å². The number of aromatic carboxylic acids is 1. The number of nitrogen functional groups attached to an aromatic ring is 1. The largest absolute Gasteiger partial charge is 0.503 e. The van der Waals surface area contributed by atoms with Gasteiger partial charge < -0.3 is 20.7 Å². The molecule has 0 amide bonds. The van der Waals surface area contributed by atoms with Gasteiger partial charge in [-0.05, 0) is 0 Å². The van der Waals surface area contributed by atoms with Crippen LogP contribution in [0.5, 0.6) is 11.5 Å². The molecule has 0 bridgehead atoms. The second kappa shape index (κ2) is 3.18. The first-order valence-electron chi connectivity index (χ1n) is 3.32. The highest BCUT2D eigenvalue weighted by atomic mass is 16.5. The maximum Gasteiger partial charge on any atom is 0.358 e. The van der Waals surface area contributed by atoms with Crippen LogP contribution in [0.25, 0.3) is 0 Å². The quantitative estimate of drug-likeness (QED) is 0.600. The maximum absolute atomic E-state index is 10.5. The Kier molecular flexibility index (Phi) is 2.23. The fourth-order valence-corrected chi connectivity index (χ4v) is 0.869. The van der Waals surface area contributed by atoms with Crippen LogP contribution in [0.2, 0.25) is 0 Å². The Morgan fingerprint density at radius 1 is 1.69 bits per heavy atom. The molecule has 0 unspecified atom stereocenters. The van der Waals surface area contributed by atoms with Gasteiger partial charge in [0, 0.05) is 0 Å². The molecule has 1 aromatic rings. The number of hydrogen-bond donors (Lipinski definition) is 3. The van der Waals surface area contributed by atoms with E-state index in [1.54, 1.807) is 0 Å². The van der Waals surface area contributed by atoms with Crippen molar-refractivity contribution in [1.82, 2.24) is 4.98 Å². The van der Waals surface area contributed by atoms with Crippen molar-refractivity contribution in [3.05, 3.63) is 11.9 Å². The molecular formula is C7H8N2O4. The highest BCUT2D eigenvalue weighted by molar-refractivity contribution is 5.90. The summed E-state index contributed by atoms with van der Waals surface area (Å²) >= 11 is 0. The molecule has 0 saturated heterocycles. The molecule has 0 aliphatic heterocycles. The zero-order valence-corrected chi connectivity index (χ0v) is 6.81. The first-order chi connectivity index (χ1) is 6.07. The molecule has 0 atom stereocenters. The molecule has 4 N–H and O–H groups in total. The van der Waals surface area contributed by atoms with Gasteiger partial charge in [-0.3, -0.25) is 0 Å². The van der Waals surface area contributed by atoms with Gasteiger partial charge in [0.2, 0.25) is 0 Å². The molecule has 1 aromatic heterocycles. The van der Waals surface area contributed by atoms with Crippen LogP contribution in [0.3, 0.4) is 0 Å². The van der Waals surface area contributed by atoms with E-state index in [4.69, 9.17) is 10.8 Å². The van der Waals surface area contributed by atoms with E-state index in [2.05, 4.69) is 9.72 Å². The number of carboxylic acid groups (broad SMARTS) is 1. The summed E-state index contributed by atoms with van der Waals surface area (Å²) in [4.78, 5) is 13.9. The van der Waals surface area contributed by atoms with E-state index in [9.17, 15) is 9.90 Å². The molecule has 0 aromatic carbocycles. The number of pyridine rings is 1. The second-order valence-corrected chi connectivity index (χ2v) is 2.25. The first-order valence-corrected chi connectivity index (χ1v) is 3.32. The minimum Gasteiger partial charge on any atom is -0.503 e. The maximum atomic E-state index is 10.5. The predicted molar refractivity (Wildman–Crippen MR) is 43.8 cm³/mol. The molecule has 6 heteroatoms. The summed E-state index contributed by atoms with van der Waals surface area (Å²) < 4.78 is 4.69. The predicted octanol–water partition coefficient (Wildman–Crippen LogP) is 0.0762. The average molecular weight is 184 g/mol. The highest BCUT2D eigenvalue weighted by Gasteiger charge is 2.17. The molecule has 0 aliphatic carbocycles. The van der Waals surface area contributed by atoms with Crippen LogP contribution >= 0.6 is 0 Å². The summed E-state index contributed by atoms with van der Waals surface area (Å²) in [6.45, 7) is 0. The fourth-order valence-electron chi connectivity index (χ4n) is 0.869. The summed E-state index contributed by atoms with van der Waals surface area (Å²) in [5.74, 6) is -1.97. The fraction of sp³-hybridized carbons (Fsp3) is 0.143. The smallest absolute Gasteiger partial charge is 0.358 e. The average Bonchev–Trinajstić information content (AvgIpc) is 2.04. The van der Waals surface area contributed by atoms with Crippen molar-refractivity contribution < 1.29 is 19.7 Å². The summed E-state index contributed by atoms with van der Waals surface area (Å²) in [6, 6.07) is 0. The van der Waals surface area contributed by atoms with E-state index in [0.717, 1.165) is 6.20 Å². The number of nitrogens with zero attached hydrogens (tertiary/aromatic N) is 1. The van der Waals surface area contributed by atoms with Crippen molar-refractivity contribution in [2.75, 3.05) is 12.8 Å². The van der Waals surface area contributed by atoms with Gasteiger partial charge in [-0.1, -0.05) is 0 Å². The van der Waals surface area contributed by atoms with Gasteiger partial charge in [0.25, 0.3) is 0 Å². The standard InChI is InChI=1S/C7H8N2O4/c1-13-6-3(8)2-9-4(5(6)10)7(11)12/h2,10H,8H2,1H3,(H,11,12). The van der Waals surface area contributed by atoms with Crippen molar-refractivity contribution >= 4 is 11.7 Å². The molecular weight excluding hydrogens is 176 g/mol. The summed E-state index contributed by atoms with van der Waals surface area (Å²) in [6.07, 6.45) is 1.11. The number of carbonyl (C=O) groups is 1. The number of aromatic hydroxyl groups is 1. The monoisotopic (exact) mass is 184 g/mol. The van der Waals surface area contributed by atoms with Gasteiger partial charge in [0.1, 0.15) is 0 Å². The van der Waals surface area contributed by atoms with Crippen LogP contribution in [0.4, 0.5) is 5.69 Å². The van der Waals surface area contributed by atoms with Crippen LogP contribution in [0.1, 0.15) is 10.5 Å². The normalized spacial score (nSPS) is 9.62. The molecule has 0 radical (unpaired) electrons. The number of ether oxygens (including phenoxy) is 1. The van der Waals surface area contributed by atoms with Gasteiger partial charge in [-0.25, -0.2) is 9.78 Å². The van der Waals surface area contributed by atoms with Gasteiger partial charge >= 0.3 is 5.97 Å². The van der Waals surface area contributed by atoms with Crippen molar-refractivity contribution in [3.63, 3.8) is 0 Å². The van der Waals surface area contributed by atoms with Gasteiger partial charge in [-0.15, -0.1) is 0 Å². The Bertz CT molecular complexity index is 351. The third kappa shape index (κ3) is 1.46. The van der Waals surface area contributed by atoms with Gasteiger partial charge in [-0.2, -0.15) is 0 Å². The molecule has 0 spiro atoms. The molecule has 1 heterocycles. The van der Waals surface area contributed by atoms with Crippen molar-refractivity contribution in [1.29, 1.82) is 0 Å². The molecule has 1 rings (SSSR count). The lowest BCUT2D eigenvalue weighted by Gasteiger charge is -2.07. The Hall–Kier alpha value is -1.98. The third-order valence-corrected chi connectivity index (χ3v) is 1.44. The molecule has 70 valence electrons. The van der Waals surface area contributed by atoms with Crippen molar-refractivity contribution in [2.45, 2.75) is 0 Å². The molecule has 13 heavy (non-hydrogen) atoms. The molecule has 0 aliphatic rings. The highest BCUT2D eigenvalue weighted by Crippen LogP contribution is 2.33. The van der Waals surface area contributed by atoms with E-state index < -0.39 is 17.4 Å². The Morgan fingerprint density at radius 3 is 2.77 bits per heavy atom. The van der Waals surface area contributed by atoms with Crippen molar-refractivity contribution in [3.8, 4) is 11.5 Å². The lowest BCUT2D eigenvalue weighted by atomic mass is 10.3. The number of carboxylic acids is 1. The van der Waals surface area contributed by atoms with Gasteiger partial charge in [0.15, 0.2) is 17.2 Å².